The second-order valence-electron chi connectivity index (χ2n) is 36.6. The molecule has 0 unspecified atom stereocenters. The summed E-state index contributed by atoms with van der Waals surface area (Å²) in [5.74, 6) is -0.176. The van der Waals surface area contributed by atoms with Gasteiger partial charge in [-0.2, -0.15) is 26.3 Å². The van der Waals surface area contributed by atoms with Crippen molar-refractivity contribution in [2.75, 3.05) is 6.26 Å². The standard InChI is InChI=1S/C11H12ClN.C11H12FN.C10H9ClFN.2C10H10ClN.2C10H10FN.C10H13FO2S.C10H11N.C9H10ClF.C9H10F2.C9H11F/c2*1-7(2)9-4-5-11(12)8(3)10(9)6-13;1-6(2)10-8(11)4-7(13-3)5-9(10)12;1-7(2)9-5-4-8(12-3)6-10(9)11;1-7(2)10-4-3-9(11)5-8(10)6-12;1-7(2)9-5-4-8(12-3)6-10(9)11;1-7(2)10-4-3-9(11)5-8(10)6-12;1-7(2)9-5-4-8(6-10(9)11)14(3,12)13;1-8(2)10-6-4-3-5-9(10)7-11;1-6(2)9-7(10)4-3-5-8(9)11;1-6(2)8-4-3-7(10)5-9(8)11;1-7(2)8-5-3-4-6-9(8)10/h2*4-5,7H,1-3H3;4-6H,1-2H3;4-7H,1-2H3;3-5,7H,1-2H3;4-7H,1-2H3;3-5,7H,1-2H3;4-7H,1-3H3;3-6,8H,1-2H3;2*3-6H,1-2H3;3-7H,1-2H3. The summed E-state index contributed by atoms with van der Waals surface area (Å²) < 4.78 is 139. The van der Waals surface area contributed by atoms with Crippen molar-refractivity contribution in [3.05, 3.63) is 430 Å². The van der Waals surface area contributed by atoms with Crippen molar-refractivity contribution in [3.63, 3.8) is 0 Å². The van der Waals surface area contributed by atoms with Gasteiger partial charge in [-0.15, -0.1) is 0 Å². The van der Waals surface area contributed by atoms with Crippen molar-refractivity contribution in [3.8, 4) is 30.3 Å². The molecule has 0 radical (unpaired) electrons. The lowest BCUT2D eigenvalue weighted by atomic mass is 9.94. The van der Waals surface area contributed by atoms with Gasteiger partial charge in [0.25, 0.3) is 0 Å². The van der Waals surface area contributed by atoms with Crippen LogP contribution in [0.1, 0.15) is 343 Å². The molecule has 10 nitrogen and oxygen atoms in total. The Morgan fingerprint density at radius 2 is 0.604 bits per heavy atom. The summed E-state index contributed by atoms with van der Waals surface area (Å²) >= 11 is 29.2. The minimum atomic E-state index is -3.31. The van der Waals surface area contributed by atoms with E-state index in [4.69, 9.17) is 104 Å². The van der Waals surface area contributed by atoms with E-state index in [1.165, 1.54) is 72.8 Å². The van der Waals surface area contributed by atoms with Crippen molar-refractivity contribution < 1.29 is 47.9 Å². The molecule has 144 heavy (non-hydrogen) atoms. The maximum atomic E-state index is 13.4. The number of rotatable bonds is 13. The number of halogens is 14. The SMILES string of the molecule is CC(C)c1c(F)cccc1Cl.CC(C)c1ccc(Cl)cc1C#N.CC(C)c1ccc(F)cc1C#N.CC(C)c1ccc(F)cc1F.CC(C)c1ccc(S(C)(=O)=O)cc1F.CC(C)c1ccccc1C#N.CC(C)c1ccccc1F.Cc1c(Cl)ccc(C(C)C)c1C#N.Cc1c(F)ccc(C(C)C)c1C#N.[C-]#[N+]c1cc(F)c(C(C)C)c(Cl)c1.[C-]#[N+]c1ccc(C(C)C)c(Cl)c1.[C-]#[N+]c1ccc(C(C)C)c(F)c1. The minimum absolute atomic E-state index is 0.0272. The number of hydrogen-bond donors (Lipinski definition) is 0. The Morgan fingerprint density at radius 3 is 0.986 bits per heavy atom. The van der Waals surface area contributed by atoms with Gasteiger partial charge in [0.05, 0.1) is 82.8 Å². The van der Waals surface area contributed by atoms with Crippen molar-refractivity contribution in [1.29, 1.82) is 26.3 Å². The Morgan fingerprint density at radius 1 is 0.264 bits per heavy atom. The highest BCUT2D eigenvalue weighted by atomic mass is 35.5. The van der Waals surface area contributed by atoms with E-state index in [1.807, 2.05) is 197 Å². The largest absolute Gasteiger partial charge is 0.238 e. The first-order chi connectivity index (χ1) is 67.3. The van der Waals surface area contributed by atoms with Crippen LogP contribution in [-0.4, -0.2) is 14.7 Å². The second kappa shape index (κ2) is 64.9. The lowest BCUT2D eigenvalue weighted by Gasteiger charge is -2.10. The Bertz CT molecular complexity index is 6450. The van der Waals surface area contributed by atoms with Crippen molar-refractivity contribution in [2.45, 2.75) is 256 Å². The van der Waals surface area contributed by atoms with E-state index in [0.29, 0.717) is 110 Å². The predicted molar refractivity (Wildman–Crippen MR) is 576 cm³/mol. The van der Waals surface area contributed by atoms with Gasteiger partial charge in [0.1, 0.15) is 52.4 Å². The molecule has 0 aromatic heterocycles. The lowest BCUT2D eigenvalue weighted by molar-refractivity contribution is 0.565. The molecule has 12 aromatic carbocycles. The van der Waals surface area contributed by atoms with E-state index in [1.54, 1.807) is 67.6 Å². The fourth-order valence-corrected chi connectivity index (χ4v) is 15.7. The van der Waals surface area contributed by atoms with Crippen LogP contribution in [0.5, 0.6) is 0 Å². The van der Waals surface area contributed by atoms with Crippen LogP contribution in [0.3, 0.4) is 0 Å². The maximum Gasteiger partial charge on any atom is 0.191 e. The van der Waals surface area contributed by atoms with Crippen LogP contribution in [0.15, 0.2) is 217 Å². The summed E-state index contributed by atoms with van der Waals surface area (Å²) in [6.45, 7) is 71.1. The van der Waals surface area contributed by atoms with Crippen molar-refractivity contribution in [2.24, 2.45) is 0 Å². The van der Waals surface area contributed by atoms with Crippen LogP contribution in [0, 0.1) is 143 Å². The Balaban J connectivity index is 0.000000786. The van der Waals surface area contributed by atoms with E-state index < -0.39 is 33.1 Å². The number of benzene rings is 12. The Hall–Kier alpha value is -12.7. The number of hydrogen-bond acceptors (Lipinski definition) is 7. The van der Waals surface area contributed by atoms with Gasteiger partial charge in [-0.3, -0.25) is 0 Å². The maximum absolute atomic E-state index is 13.4. The van der Waals surface area contributed by atoms with E-state index >= 15 is 0 Å². The van der Waals surface area contributed by atoms with Crippen LogP contribution >= 0.6 is 58.0 Å². The van der Waals surface area contributed by atoms with Gasteiger partial charge in [0.15, 0.2) is 26.9 Å². The highest BCUT2D eigenvalue weighted by Crippen LogP contribution is 2.35. The fourth-order valence-electron chi connectivity index (χ4n) is 13.5. The Labute approximate surface area is 875 Å². The van der Waals surface area contributed by atoms with Gasteiger partial charge in [-0.05, 0) is 249 Å². The third kappa shape index (κ3) is 43.5. The molecule has 0 fully saturated rings. The summed E-state index contributed by atoms with van der Waals surface area (Å²) in [5, 5.41) is 46.8. The molecule has 0 N–H and O–H groups in total. The fraction of sp³-hybridized carbons (Fsp3) is 0.328. The summed E-state index contributed by atoms with van der Waals surface area (Å²) in [4.78, 5) is 9.58. The first-order valence-corrected chi connectivity index (χ1v) is 50.2. The molecule has 0 atom stereocenters. The van der Waals surface area contributed by atoms with Crippen molar-refractivity contribution >= 4 is 84.9 Å². The number of nitriles is 5. The molecule has 0 amide bonds. The van der Waals surface area contributed by atoms with E-state index in [0.717, 1.165) is 74.0 Å². The lowest BCUT2D eigenvalue weighted by Crippen LogP contribution is -2.00. The topological polar surface area (TPSA) is 166 Å². The molecular formula is C119H128Cl5F9N8O2S. The van der Waals surface area contributed by atoms with Gasteiger partial charge >= 0.3 is 0 Å². The molecule has 25 heteroatoms. The van der Waals surface area contributed by atoms with Crippen LogP contribution < -0.4 is 0 Å². The number of sulfone groups is 1. The van der Waals surface area contributed by atoms with Gasteiger partial charge in [0, 0.05) is 54.1 Å². The van der Waals surface area contributed by atoms with Crippen LogP contribution in [-0.2, 0) is 9.84 Å². The third-order valence-corrected chi connectivity index (χ3v) is 24.2. The van der Waals surface area contributed by atoms with Crippen LogP contribution in [0.2, 0.25) is 25.1 Å². The molecule has 0 aliphatic carbocycles. The zero-order valence-electron chi connectivity index (χ0n) is 86.7. The molecule has 0 saturated heterocycles. The molecule has 0 spiro atoms. The minimum Gasteiger partial charge on any atom is -0.238 e. The summed E-state index contributed by atoms with van der Waals surface area (Å²) in [6.07, 6.45) is 1.07. The van der Waals surface area contributed by atoms with E-state index in [9.17, 15) is 47.9 Å². The van der Waals surface area contributed by atoms with Crippen LogP contribution in [0.4, 0.5) is 56.6 Å². The molecular weight excluding hydrogens is 1950 g/mol. The first kappa shape index (κ1) is 129. The third-order valence-electron chi connectivity index (χ3n) is 21.5. The molecule has 12 aromatic rings. The Kier molecular flexibility index (Phi) is 58.3. The second-order valence-corrected chi connectivity index (χ2v) is 40.7. The molecule has 12 rings (SSSR count). The molecule has 0 bridgehead atoms. The first-order valence-electron chi connectivity index (χ1n) is 46.4. The van der Waals surface area contributed by atoms with Crippen LogP contribution in [0.25, 0.3) is 14.5 Å². The monoisotopic (exact) mass is 2080 g/mol. The molecule has 0 aliphatic heterocycles. The van der Waals surface area contributed by atoms with Gasteiger partial charge in [-0.1, -0.05) is 327 Å². The predicted octanol–water partition coefficient (Wildman–Crippen LogP) is 39.3. The normalized spacial score (nSPS) is 10.3. The molecule has 0 heterocycles. The summed E-state index contributed by atoms with van der Waals surface area (Å²) in [7, 11) is -3.31. The van der Waals surface area contributed by atoms with E-state index in [2.05, 4.69) is 88.1 Å². The zero-order chi connectivity index (χ0) is 110. The number of nitrogens with zero attached hydrogens (tertiary/aromatic N) is 8. The van der Waals surface area contributed by atoms with Crippen molar-refractivity contribution in [1.82, 2.24) is 0 Å². The smallest absolute Gasteiger partial charge is 0.191 e. The summed E-state index contributed by atoms with van der Waals surface area (Å²) in [6, 6.07) is 67.0. The van der Waals surface area contributed by atoms with Gasteiger partial charge in [-0.25, -0.2) is 62.5 Å². The highest BCUT2D eigenvalue weighted by molar-refractivity contribution is 7.90. The average molecular weight is 2080 g/mol. The molecule has 0 aliphatic rings. The van der Waals surface area contributed by atoms with Gasteiger partial charge < -0.3 is 0 Å². The average Bonchev–Trinajstić information content (AvgIpc) is 0.839. The van der Waals surface area contributed by atoms with Gasteiger partial charge in [0.2, 0.25) is 0 Å². The quantitative estimate of drug-likeness (QED) is 0.0818. The summed E-state index contributed by atoms with van der Waals surface area (Å²) in [5.41, 5.74) is 15.5. The zero-order valence-corrected chi connectivity index (χ0v) is 91.3. The highest BCUT2D eigenvalue weighted by Gasteiger charge is 2.19. The molecule has 760 valence electrons. The van der Waals surface area contributed by atoms with E-state index in [-0.39, 0.29) is 87.0 Å². The molecule has 0 saturated carbocycles.